The zero-order valence-electron chi connectivity index (χ0n) is 13.8. The highest BCUT2D eigenvalue weighted by atomic mass is 35.5. The average Bonchev–Trinajstić information content (AvgIpc) is 2.56. The van der Waals surface area contributed by atoms with Gasteiger partial charge in [0.05, 0.1) is 6.04 Å². The molecule has 4 nitrogen and oxygen atoms in total. The number of para-hydroxylation sites is 1. The largest absolute Gasteiger partial charge is 0.489 e. The summed E-state index contributed by atoms with van der Waals surface area (Å²) in [5, 5.41) is 2.92. The van der Waals surface area contributed by atoms with Gasteiger partial charge in [0.25, 0.3) is 0 Å². The standard InChI is InChI=1S/C19H21NO3.ClH/c1-19(2)13-23-18(21)20-17(19)15-10-6-7-11-16(15)22-12-14-8-4-3-5-9-14;/h3-11,17H,12-13H2,1-2H3,(H,20,21);1H/t17-;/m0./s1. The fourth-order valence-corrected chi connectivity index (χ4v) is 2.77. The first kappa shape index (κ1) is 18.1. The number of amides is 1. The number of ether oxygens (including phenoxy) is 2. The third-order valence-corrected chi connectivity index (χ3v) is 4.09. The highest BCUT2D eigenvalue weighted by molar-refractivity contribution is 5.85. The minimum atomic E-state index is -0.382. The third kappa shape index (κ3) is 4.01. The summed E-state index contributed by atoms with van der Waals surface area (Å²) in [6.45, 7) is 5.03. The molecule has 1 N–H and O–H groups in total. The molecule has 0 aromatic heterocycles. The number of nitrogens with one attached hydrogen (secondary N) is 1. The molecule has 24 heavy (non-hydrogen) atoms. The molecule has 1 aliphatic heterocycles. The topological polar surface area (TPSA) is 47.6 Å². The fourth-order valence-electron chi connectivity index (χ4n) is 2.77. The molecule has 128 valence electrons. The molecule has 1 atom stereocenters. The lowest BCUT2D eigenvalue weighted by molar-refractivity contribution is 0.0378. The van der Waals surface area contributed by atoms with Crippen molar-refractivity contribution < 1.29 is 14.3 Å². The van der Waals surface area contributed by atoms with E-state index in [2.05, 4.69) is 19.2 Å². The molecule has 0 spiro atoms. The lowest BCUT2D eigenvalue weighted by Crippen LogP contribution is -2.47. The van der Waals surface area contributed by atoms with Gasteiger partial charge in [-0.05, 0) is 11.6 Å². The molecule has 1 saturated heterocycles. The van der Waals surface area contributed by atoms with Crippen LogP contribution in [-0.4, -0.2) is 12.7 Å². The second kappa shape index (κ2) is 7.58. The minimum Gasteiger partial charge on any atom is -0.489 e. The quantitative estimate of drug-likeness (QED) is 0.886. The van der Waals surface area contributed by atoms with E-state index in [1.165, 1.54) is 0 Å². The van der Waals surface area contributed by atoms with Crippen LogP contribution >= 0.6 is 12.4 Å². The molecule has 0 radical (unpaired) electrons. The first-order valence-corrected chi connectivity index (χ1v) is 7.75. The Labute approximate surface area is 148 Å². The van der Waals surface area contributed by atoms with Gasteiger partial charge in [-0.3, -0.25) is 0 Å². The van der Waals surface area contributed by atoms with Crippen LogP contribution in [0, 0.1) is 5.41 Å². The summed E-state index contributed by atoms with van der Waals surface area (Å²) in [7, 11) is 0. The van der Waals surface area contributed by atoms with Gasteiger partial charge in [0, 0.05) is 11.0 Å². The first-order chi connectivity index (χ1) is 11.1. The Morgan fingerprint density at radius 2 is 1.79 bits per heavy atom. The van der Waals surface area contributed by atoms with Gasteiger partial charge < -0.3 is 14.8 Å². The van der Waals surface area contributed by atoms with E-state index in [0.29, 0.717) is 13.2 Å². The predicted octanol–water partition coefficient (Wildman–Crippen LogP) is 4.49. The molecular weight excluding hydrogens is 326 g/mol. The summed E-state index contributed by atoms with van der Waals surface area (Å²) < 4.78 is 11.1. The minimum absolute atomic E-state index is 0. The van der Waals surface area contributed by atoms with Crippen molar-refractivity contribution >= 4 is 18.5 Å². The molecule has 5 heteroatoms. The molecule has 0 saturated carbocycles. The van der Waals surface area contributed by atoms with Crippen molar-refractivity contribution in [1.29, 1.82) is 0 Å². The molecule has 1 aliphatic rings. The zero-order chi connectivity index (χ0) is 16.3. The number of carbonyl (C=O) groups excluding carboxylic acids is 1. The van der Waals surface area contributed by atoms with Gasteiger partial charge in [0.2, 0.25) is 0 Å². The first-order valence-electron chi connectivity index (χ1n) is 7.75. The SMILES string of the molecule is CC1(C)COC(=O)N[C@H]1c1ccccc1OCc1ccccc1.Cl. The summed E-state index contributed by atoms with van der Waals surface area (Å²) in [5.74, 6) is 0.789. The number of benzene rings is 2. The van der Waals surface area contributed by atoms with Gasteiger partial charge in [-0.2, -0.15) is 0 Å². The number of hydrogen-bond donors (Lipinski definition) is 1. The Hall–Kier alpha value is -2.20. The smallest absolute Gasteiger partial charge is 0.407 e. The lowest BCUT2D eigenvalue weighted by atomic mass is 9.80. The molecule has 0 unspecified atom stereocenters. The van der Waals surface area contributed by atoms with Crippen LogP contribution in [0.1, 0.15) is 31.0 Å². The average molecular weight is 348 g/mol. The van der Waals surface area contributed by atoms with E-state index in [0.717, 1.165) is 16.9 Å². The molecule has 1 amide bonds. The van der Waals surface area contributed by atoms with Gasteiger partial charge in [0.15, 0.2) is 0 Å². The molecular formula is C19H22ClNO3. The summed E-state index contributed by atoms with van der Waals surface area (Å²) in [6, 6.07) is 17.7. The zero-order valence-corrected chi connectivity index (χ0v) is 14.6. The van der Waals surface area contributed by atoms with Gasteiger partial charge in [-0.15, -0.1) is 12.4 Å². The molecule has 3 rings (SSSR count). The second-order valence-corrected chi connectivity index (χ2v) is 6.45. The van der Waals surface area contributed by atoms with E-state index in [9.17, 15) is 4.79 Å². The van der Waals surface area contributed by atoms with Crippen molar-refractivity contribution in [2.75, 3.05) is 6.61 Å². The maximum Gasteiger partial charge on any atom is 0.407 e. The number of cyclic esters (lactones) is 1. The van der Waals surface area contributed by atoms with Crippen LogP contribution in [0.4, 0.5) is 4.79 Å². The molecule has 2 aromatic rings. The molecule has 1 fully saturated rings. The van der Waals surface area contributed by atoms with Crippen LogP contribution in [0.25, 0.3) is 0 Å². The van der Waals surface area contributed by atoms with Crippen LogP contribution < -0.4 is 10.1 Å². The van der Waals surface area contributed by atoms with Crippen molar-refractivity contribution in [3.63, 3.8) is 0 Å². The number of halogens is 1. The van der Waals surface area contributed by atoms with Crippen molar-refractivity contribution in [2.45, 2.75) is 26.5 Å². The molecule has 0 bridgehead atoms. The normalized spacial score (nSPS) is 18.8. The van der Waals surface area contributed by atoms with E-state index in [1.807, 2.05) is 54.6 Å². The van der Waals surface area contributed by atoms with Crippen LogP contribution in [0.15, 0.2) is 54.6 Å². The Bertz CT molecular complexity index is 688. The van der Waals surface area contributed by atoms with Gasteiger partial charge >= 0.3 is 6.09 Å². The van der Waals surface area contributed by atoms with Gasteiger partial charge in [-0.25, -0.2) is 4.79 Å². The van der Waals surface area contributed by atoms with Crippen molar-refractivity contribution in [1.82, 2.24) is 5.32 Å². The van der Waals surface area contributed by atoms with E-state index in [4.69, 9.17) is 9.47 Å². The maximum atomic E-state index is 11.7. The van der Waals surface area contributed by atoms with Gasteiger partial charge in [-0.1, -0.05) is 62.4 Å². The molecule has 1 heterocycles. The lowest BCUT2D eigenvalue weighted by Gasteiger charge is -2.39. The van der Waals surface area contributed by atoms with Crippen LogP contribution in [0.3, 0.4) is 0 Å². The van der Waals surface area contributed by atoms with Crippen LogP contribution in [0.5, 0.6) is 5.75 Å². The van der Waals surface area contributed by atoms with Crippen molar-refractivity contribution in [3.05, 3.63) is 65.7 Å². The van der Waals surface area contributed by atoms with Crippen molar-refractivity contribution in [2.24, 2.45) is 5.41 Å². The molecule has 0 aliphatic carbocycles. The van der Waals surface area contributed by atoms with Crippen molar-refractivity contribution in [3.8, 4) is 5.75 Å². The Kier molecular flexibility index (Phi) is 5.73. The summed E-state index contributed by atoms with van der Waals surface area (Å²) in [6.07, 6.45) is -0.382. The number of alkyl carbamates (subject to hydrolysis) is 1. The summed E-state index contributed by atoms with van der Waals surface area (Å²) in [5.41, 5.74) is 1.88. The fraction of sp³-hybridized carbons (Fsp3) is 0.316. The number of carbonyl (C=O) groups is 1. The van der Waals surface area contributed by atoms with E-state index in [-0.39, 0.29) is 30.0 Å². The molecule has 2 aromatic carbocycles. The highest BCUT2D eigenvalue weighted by Crippen LogP contribution is 2.40. The Balaban J connectivity index is 0.00000208. The van der Waals surface area contributed by atoms with Crippen LogP contribution in [-0.2, 0) is 11.3 Å². The summed E-state index contributed by atoms with van der Waals surface area (Å²) in [4.78, 5) is 11.7. The number of hydrogen-bond acceptors (Lipinski definition) is 3. The van der Waals surface area contributed by atoms with E-state index >= 15 is 0 Å². The van der Waals surface area contributed by atoms with Gasteiger partial charge in [0.1, 0.15) is 19.0 Å². The maximum absolute atomic E-state index is 11.7. The predicted molar refractivity (Wildman–Crippen MR) is 95.5 cm³/mol. The number of rotatable bonds is 4. The van der Waals surface area contributed by atoms with E-state index in [1.54, 1.807) is 0 Å². The second-order valence-electron chi connectivity index (χ2n) is 6.45. The highest BCUT2D eigenvalue weighted by Gasteiger charge is 2.39. The monoisotopic (exact) mass is 347 g/mol. The Morgan fingerprint density at radius 1 is 1.12 bits per heavy atom. The van der Waals surface area contributed by atoms with Crippen LogP contribution in [0.2, 0.25) is 0 Å². The third-order valence-electron chi connectivity index (χ3n) is 4.09. The summed E-state index contributed by atoms with van der Waals surface area (Å²) >= 11 is 0. The van der Waals surface area contributed by atoms with E-state index < -0.39 is 0 Å². The Morgan fingerprint density at radius 3 is 2.54 bits per heavy atom.